The van der Waals surface area contributed by atoms with E-state index < -0.39 is 12.2 Å². The van der Waals surface area contributed by atoms with Gasteiger partial charge in [0.2, 0.25) is 5.91 Å². The average Bonchev–Trinajstić information content (AvgIpc) is 3.35. The molecule has 1 aliphatic rings. The van der Waals surface area contributed by atoms with Gasteiger partial charge in [-0.1, -0.05) is 16.8 Å². The van der Waals surface area contributed by atoms with E-state index in [4.69, 9.17) is 20.9 Å². The molecule has 1 aromatic carbocycles. The smallest absolute Gasteiger partial charge is 0.237 e. The summed E-state index contributed by atoms with van der Waals surface area (Å²) in [6.45, 7) is 2.67. The van der Waals surface area contributed by atoms with Crippen molar-refractivity contribution in [1.82, 2.24) is 20.4 Å². The van der Waals surface area contributed by atoms with Gasteiger partial charge in [-0.05, 0) is 26.1 Å². The van der Waals surface area contributed by atoms with E-state index in [2.05, 4.69) is 15.5 Å². The van der Waals surface area contributed by atoms with Crippen molar-refractivity contribution in [2.45, 2.75) is 38.7 Å². The van der Waals surface area contributed by atoms with Gasteiger partial charge in [-0.25, -0.2) is 4.39 Å². The van der Waals surface area contributed by atoms with Crippen LogP contribution in [0, 0.1) is 6.92 Å². The lowest BCUT2D eigenvalue weighted by molar-refractivity contribution is -0.125. The number of alkyl halides is 1. The van der Waals surface area contributed by atoms with Crippen molar-refractivity contribution in [1.29, 1.82) is 0 Å². The van der Waals surface area contributed by atoms with E-state index in [0.717, 1.165) is 22.3 Å². The van der Waals surface area contributed by atoms with E-state index >= 15 is 0 Å². The van der Waals surface area contributed by atoms with Crippen LogP contribution in [0.5, 0.6) is 5.75 Å². The number of carbonyl (C=O) groups is 1. The summed E-state index contributed by atoms with van der Waals surface area (Å²) in [4.78, 5) is 17.3. The molecule has 2 aromatic heterocycles. The van der Waals surface area contributed by atoms with Crippen molar-refractivity contribution in [3.8, 4) is 5.75 Å². The van der Waals surface area contributed by atoms with E-state index in [1.807, 2.05) is 19.1 Å². The van der Waals surface area contributed by atoms with Crippen molar-refractivity contribution in [3.05, 3.63) is 46.4 Å². The van der Waals surface area contributed by atoms with Gasteiger partial charge in [0.1, 0.15) is 18.5 Å². The number of fused-ring (bicyclic) bond motifs is 1. The molecule has 0 bridgehead atoms. The lowest BCUT2D eigenvalue weighted by Crippen LogP contribution is -2.41. The zero-order chi connectivity index (χ0) is 20.5. The van der Waals surface area contributed by atoms with Crippen molar-refractivity contribution < 1.29 is 18.4 Å². The van der Waals surface area contributed by atoms with Gasteiger partial charge in [-0.3, -0.25) is 9.69 Å². The maximum absolute atomic E-state index is 13.5. The zero-order valence-electron chi connectivity index (χ0n) is 16.2. The van der Waals surface area contributed by atoms with Crippen molar-refractivity contribution in [2.24, 2.45) is 0 Å². The number of amides is 1. The summed E-state index contributed by atoms with van der Waals surface area (Å²) in [5.41, 5.74) is 2.45. The van der Waals surface area contributed by atoms with Crippen LogP contribution in [0.2, 0.25) is 5.02 Å². The van der Waals surface area contributed by atoms with Crippen molar-refractivity contribution in [2.75, 3.05) is 13.6 Å². The van der Waals surface area contributed by atoms with Crippen molar-refractivity contribution in [3.63, 3.8) is 0 Å². The molecule has 29 heavy (non-hydrogen) atoms. The predicted octanol–water partition coefficient (Wildman–Crippen LogP) is 3.36. The number of aromatic amines is 1. The summed E-state index contributed by atoms with van der Waals surface area (Å²) in [5.74, 6) is 0.962. The molecule has 0 spiro atoms. The van der Waals surface area contributed by atoms with Gasteiger partial charge in [0.15, 0.2) is 5.76 Å². The number of likely N-dealkylation sites (N-methyl/N-ethyl adjacent to an activating group) is 1. The minimum Gasteiger partial charge on any atom is -0.484 e. The highest BCUT2D eigenvalue weighted by atomic mass is 35.5. The van der Waals surface area contributed by atoms with Gasteiger partial charge in [-0.2, -0.15) is 0 Å². The van der Waals surface area contributed by atoms with Gasteiger partial charge in [-0.15, -0.1) is 0 Å². The van der Waals surface area contributed by atoms with Gasteiger partial charge in [0, 0.05) is 41.7 Å². The summed E-state index contributed by atoms with van der Waals surface area (Å²) in [7, 11) is 1.76. The number of hydrogen-bond donors (Lipinski definition) is 2. The minimum atomic E-state index is -0.953. The fourth-order valence-electron chi connectivity index (χ4n) is 3.58. The Bertz CT molecular complexity index is 1030. The molecule has 2 unspecified atom stereocenters. The second-order valence-corrected chi connectivity index (χ2v) is 7.80. The third-order valence-corrected chi connectivity index (χ3v) is 5.32. The van der Waals surface area contributed by atoms with Gasteiger partial charge >= 0.3 is 0 Å². The first kappa shape index (κ1) is 19.7. The first-order valence-corrected chi connectivity index (χ1v) is 9.75. The molecule has 0 saturated carbocycles. The van der Waals surface area contributed by atoms with Gasteiger partial charge in [0.05, 0.1) is 23.3 Å². The van der Waals surface area contributed by atoms with E-state index in [1.165, 1.54) is 0 Å². The Labute approximate surface area is 172 Å². The highest BCUT2D eigenvalue weighted by molar-refractivity contribution is 6.32. The first-order valence-electron chi connectivity index (χ1n) is 9.37. The molecule has 9 heteroatoms. The van der Waals surface area contributed by atoms with Gasteiger partial charge in [0.25, 0.3) is 0 Å². The fourth-order valence-corrected chi connectivity index (χ4v) is 3.80. The Morgan fingerprint density at radius 2 is 2.28 bits per heavy atom. The molecule has 0 radical (unpaired) electrons. The number of carbonyl (C=O) groups excluding carboxylic acids is 1. The standard InChI is InChI=1S/C20H22ClFN4O3/c1-11-3-15(29-25-11)10-28-19-7-17-12(5-16(19)21)4-14(24-17)8-23-20(27)18-6-13(22)9-26(18)2/h3-5,7,13,18,24H,6,8-10H2,1-2H3,(H,23,27). The molecule has 1 aliphatic heterocycles. The Hall–Kier alpha value is -2.58. The summed E-state index contributed by atoms with van der Waals surface area (Å²) in [6.07, 6.45) is -0.721. The van der Waals surface area contributed by atoms with Crippen LogP contribution in [0.15, 0.2) is 28.8 Å². The Balaban J connectivity index is 1.41. The van der Waals surface area contributed by atoms with E-state index in [0.29, 0.717) is 29.6 Å². The molecule has 2 atom stereocenters. The van der Waals surface area contributed by atoms with E-state index in [-0.39, 0.29) is 18.9 Å². The molecule has 1 saturated heterocycles. The third-order valence-electron chi connectivity index (χ3n) is 5.03. The molecule has 1 amide bonds. The van der Waals surface area contributed by atoms with Crippen LogP contribution in [0.4, 0.5) is 4.39 Å². The van der Waals surface area contributed by atoms with E-state index in [1.54, 1.807) is 24.1 Å². The number of benzene rings is 1. The topological polar surface area (TPSA) is 83.4 Å². The quantitative estimate of drug-likeness (QED) is 0.639. The number of halogens is 2. The number of likely N-dealkylation sites (tertiary alicyclic amines) is 1. The minimum absolute atomic E-state index is 0.171. The molecule has 3 heterocycles. The molecule has 4 rings (SSSR count). The molecule has 1 fully saturated rings. The van der Waals surface area contributed by atoms with Crippen LogP contribution in [0.3, 0.4) is 0 Å². The molecular weight excluding hydrogens is 399 g/mol. The highest BCUT2D eigenvalue weighted by Gasteiger charge is 2.34. The highest BCUT2D eigenvalue weighted by Crippen LogP contribution is 2.31. The largest absolute Gasteiger partial charge is 0.484 e. The second kappa shape index (κ2) is 8.04. The predicted molar refractivity (Wildman–Crippen MR) is 107 cm³/mol. The van der Waals surface area contributed by atoms with Gasteiger partial charge < -0.3 is 19.6 Å². The lowest BCUT2D eigenvalue weighted by Gasteiger charge is -2.17. The SMILES string of the molecule is Cc1cc(COc2cc3[nH]c(CNC(=O)C4CC(F)CN4C)cc3cc2Cl)on1. The molecule has 0 aliphatic carbocycles. The molecule has 3 aromatic rings. The molecule has 7 nitrogen and oxygen atoms in total. The number of rotatable bonds is 6. The second-order valence-electron chi connectivity index (χ2n) is 7.39. The number of nitrogens with zero attached hydrogens (tertiary/aromatic N) is 2. The van der Waals surface area contributed by atoms with E-state index in [9.17, 15) is 9.18 Å². The summed E-state index contributed by atoms with van der Waals surface area (Å²) >= 11 is 6.33. The number of hydrogen-bond acceptors (Lipinski definition) is 5. The van der Waals surface area contributed by atoms with Crippen LogP contribution in [-0.4, -0.2) is 46.8 Å². The maximum atomic E-state index is 13.5. The Morgan fingerprint density at radius 3 is 2.97 bits per heavy atom. The average molecular weight is 421 g/mol. The summed E-state index contributed by atoms with van der Waals surface area (Å²) in [6, 6.07) is 6.91. The molecule has 2 N–H and O–H groups in total. The van der Waals surface area contributed by atoms with Crippen LogP contribution < -0.4 is 10.1 Å². The normalized spacial score (nSPS) is 19.7. The monoisotopic (exact) mass is 420 g/mol. The number of aryl methyl sites for hydroxylation is 1. The Kier molecular flexibility index (Phi) is 5.47. The maximum Gasteiger partial charge on any atom is 0.237 e. The number of H-pyrrole nitrogens is 1. The number of ether oxygens (including phenoxy) is 1. The van der Waals surface area contributed by atoms with Crippen LogP contribution in [0.25, 0.3) is 10.9 Å². The summed E-state index contributed by atoms with van der Waals surface area (Å²) < 4.78 is 24.4. The first-order chi connectivity index (χ1) is 13.9. The van der Waals surface area contributed by atoms with Crippen LogP contribution in [-0.2, 0) is 17.9 Å². The third kappa shape index (κ3) is 4.38. The van der Waals surface area contributed by atoms with Crippen LogP contribution >= 0.6 is 11.6 Å². The molecular formula is C20H22ClFN4O3. The van der Waals surface area contributed by atoms with Crippen molar-refractivity contribution >= 4 is 28.4 Å². The number of aromatic nitrogens is 2. The summed E-state index contributed by atoms with van der Waals surface area (Å²) in [5, 5.41) is 8.08. The number of nitrogens with one attached hydrogen (secondary N) is 2. The zero-order valence-corrected chi connectivity index (χ0v) is 16.9. The Morgan fingerprint density at radius 1 is 1.45 bits per heavy atom. The lowest BCUT2D eigenvalue weighted by atomic mass is 10.2. The fraction of sp³-hybridized carbons (Fsp3) is 0.400. The van der Waals surface area contributed by atoms with Crippen LogP contribution in [0.1, 0.15) is 23.6 Å². The molecule has 154 valence electrons.